The molecule has 0 unspecified atom stereocenters. The van der Waals surface area contributed by atoms with E-state index in [1.54, 1.807) is 37.4 Å². The molecule has 0 aliphatic heterocycles. The molecule has 0 fully saturated rings. The number of ketones is 1. The first-order chi connectivity index (χ1) is 11.9. The average Bonchev–Trinajstić information content (AvgIpc) is 3.05. The minimum absolute atomic E-state index is 0.129. The molecule has 1 aromatic heterocycles. The van der Waals surface area contributed by atoms with Crippen LogP contribution in [0.1, 0.15) is 29.3 Å². The Kier molecular flexibility index (Phi) is 6.13. The Labute approximate surface area is 148 Å². The summed E-state index contributed by atoms with van der Waals surface area (Å²) in [5.74, 6) is -0.549. The number of H-pyrrole nitrogens is 1. The van der Waals surface area contributed by atoms with Crippen molar-refractivity contribution in [3.8, 4) is 0 Å². The molecule has 9 heteroatoms. The van der Waals surface area contributed by atoms with Crippen molar-refractivity contribution in [2.45, 2.75) is 25.9 Å². The summed E-state index contributed by atoms with van der Waals surface area (Å²) in [7, 11) is 0. The molecule has 132 valence electrons. The smallest absolute Gasteiger partial charge is 0.405 e. The number of amides is 2. The van der Waals surface area contributed by atoms with E-state index in [2.05, 4.69) is 15.5 Å². The molecule has 1 heterocycles. The lowest BCUT2D eigenvalue weighted by Gasteiger charge is -2.15. The number of carbonyl (C=O) groups excluding carboxylic acids is 3. The van der Waals surface area contributed by atoms with Gasteiger partial charge in [0.15, 0.2) is 17.7 Å². The minimum Gasteiger partial charge on any atom is -0.438 e. The minimum atomic E-state index is -1.03. The first kappa shape index (κ1) is 18.5. The lowest BCUT2D eigenvalue weighted by molar-refractivity contribution is -0.126. The van der Waals surface area contributed by atoms with Gasteiger partial charge < -0.3 is 15.8 Å². The van der Waals surface area contributed by atoms with E-state index in [4.69, 9.17) is 22.1 Å². The van der Waals surface area contributed by atoms with Crippen molar-refractivity contribution in [1.29, 1.82) is 0 Å². The van der Waals surface area contributed by atoms with Gasteiger partial charge in [0, 0.05) is 18.7 Å². The van der Waals surface area contributed by atoms with Crippen LogP contribution in [0.4, 0.5) is 10.6 Å². The van der Waals surface area contributed by atoms with E-state index in [-0.39, 0.29) is 29.2 Å². The van der Waals surface area contributed by atoms with Gasteiger partial charge in [-0.25, -0.2) is 4.79 Å². The third kappa shape index (κ3) is 4.80. The van der Waals surface area contributed by atoms with Crippen LogP contribution in [0.2, 0.25) is 5.02 Å². The second-order valence-corrected chi connectivity index (χ2v) is 5.57. The summed E-state index contributed by atoms with van der Waals surface area (Å²) in [4.78, 5) is 35.7. The number of anilines is 1. The predicted octanol–water partition coefficient (Wildman–Crippen LogP) is 2.30. The number of hydrogen-bond acceptors (Lipinski definition) is 5. The number of ether oxygens (including phenoxy) is 1. The van der Waals surface area contributed by atoms with Crippen molar-refractivity contribution < 1.29 is 19.1 Å². The van der Waals surface area contributed by atoms with Gasteiger partial charge in [0.2, 0.25) is 0 Å². The van der Waals surface area contributed by atoms with Crippen LogP contribution in [0.25, 0.3) is 0 Å². The number of Topliss-reactive ketones (excluding diaryl/α,β-unsaturated/α-hetero) is 1. The zero-order chi connectivity index (χ0) is 18.4. The highest BCUT2D eigenvalue weighted by atomic mass is 35.5. The van der Waals surface area contributed by atoms with E-state index in [9.17, 15) is 14.4 Å². The summed E-state index contributed by atoms with van der Waals surface area (Å²) in [5.41, 5.74) is 5.55. The normalized spacial score (nSPS) is 11.6. The fraction of sp³-hybridized carbons (Fsp3) is 0.250. The molecule has 0 saturated heterocycles. The maximum atomic E-state index is 12.5. The molecule has 1 atom stereocenters. The summed E-state index contributed by atoms with van der Waals surface area (Å²) in [6, 6.07) is 6.37. The molecule has 0 aliphatic rings. The van der Waals surface area contributed by atoms with E-state index in [1.165, 1.54) is 0 Å². The van der Waals surface area contributed by atoms with Crippen LogP contribution >= 0.6 is 11.6 Å². The van der Waals surface area contributed by atoms with E-state index >= 15 is 0 Å². The molecule has 2 rings (SSSR count). The number of halogens is 1. The number of benzene rings is 1. The second-order valence-electron chi connectivity index (χ2n) is 5.16. The van der Waals surface area contributed by atoms with Crippen molar-refractivity contribution >= 4 is 35.2 Å². The Bertz CT molecular complexity index is 776. The summed E-state index contributed by atoms with van der Waals surface area (Å²) >= 11 is 6.14. The molecule has 0 aliphatic carbocycles. The topological polar surface area (TPSA) is 127 Å². The summed E-state index contributed by atoms with van der Waals surface area (Å²) in [6.45, 7) is 1.69. The van der Waals surface area contributed by atoms with E-state index in [0.717, 1.165) is 0 Å². The standard InChI is InChI=1S/C16H17ClN4O4/c1-2-12(25-16(18)24)11(22)8-9-4-3-5-10(17)14(9)15(23)20-13-6-7-19-21-13/h3-7,12H,2,8H2,1H3,(H2,18,24)(H2,19,20,21,23)/t12-/m0/s1. The Hall–Kier alpha value is -2.87. The third-order valence-electron chi connectivity index (χ3n) is 3.42. The van der Waals surface area contributed by atoms with Crippen LogP contribution in [0.5, 0.6) is 0 Å². The largest absolute Gasteiger partial charge is 0.438 e. The molecule has 4 N–H and O–H groups in total. The molecule has 8 nitrogen and oxygen atoms in total. The first-order valence-corrected chi connectivity index (χ1v) is 7.87. The highest BCUT2D eigenvalue weighted by molar-refractivity contribution is 6.34. The van der Waals surface area contributed by atoms with Crippen LogP contribution in [0, 0.1) is 0 Å². The molecular formula is C16H17ClN4O4. The van der Waals surface area contributed by atoms with Crippen LogP contribution < -0.4 is 11.1 Å². The number of aromatic nitrogens is 2. The number of carbonyl (C=O) groups is 3. The van der Waals surface area contributed by atoms with Crippen LogP contribution in [0.15, 0.2) is 30.5 Å². The number of rotatable bonds is 7. The SMILES string of the molecule is CC[C@H](OC(N)=O)C(=O)Cc1cccc(Cl)c1C(=O)Nc1cc[nH]n1. The summed E-state index contributed by atoms with van der Waals surface area (Å²) < 4.78 is 4.79. The highest BCUT2D eigenvalue weighted by Gasteiger charge is 2.24. The third-order valence-corrected chi connectivity index (χ3v) is 3.74. The number of nitrogens with two attached hydrogens (primary N) is 1. The van der Waals surface area contributed by atoms with E-state index in [0.29, 0.717) is 11.4 Å². The Morgan fingerprint density at radius 1 is 1.36 bits per heavy atom. The van der Waals surface area contributed by atoms with Crippen molar-refractivity contribution in [3.05, 3.63) is 46.6 Å². The molecule has 0 bridgehead atoms. The molecule has 1 aromatic carbocycles. The molecule has 0 spiro atoms. The van der Waals surface area contributed by atoms with Crippen molar-refractivity contribution in [1.82, 2.24) is 10.2 Å². The Morgan fingerprint density at radius 2 is 2.12 bits per heavy atom. The zero-order valence-corrected chi connectivity index (χ0v) is 14.2. The molecular weight excluding hydrogens is 348 g/mol. The van der Waals surface area contributed by atoms with Gasteiger partial charge in [-0.1, -0.05) is 30.7 Å². The molecule has 0 saturated carbocycles. The maximum absolute atomic E-state index is 12.5. The van der Waals surface area contributed by atoms with Crippen molar-refractivity contribution in [3.63, 3.8) is 0 Å². The van der Waals surface area contributed by atoms with E-state index in [1.807, 2.05) is 0 Å². The monoisotopic (exact) mass is 364 g/mol. The number of nitrogens with zero attached hydrogens (tertiary/aromatic N) is 1. The van der Waals surface area contributed by atoms with Gasteiger partial charge in [-0.05, 0) is 18.1 Å². The van der Waals surface area contributed by atoms with Crippen LogP contribution in [-0.2, 0) is 16.0 Å². The first-order valence-electron chi connectivity index (χ1n) is 7.49. The lowest BCUT2D eigenvalue weighted by Crippen LogP contribution is -2.31. The van der Waals surface area contributed by atoms with Gasteiger partial charge in [-0.3, -0.25) is 14.7 Å². The van der Waals surface area contributed by atoms with Gasteiger partial charge in [0.1, 0.15) is 0 Å². The van der Waals surface area contributed by atoms with Gasteiger partial charge in [-0.15, -0.1) is 0 Å². The lowest BCUT2D eigenvalue weighted by atomic mass is 9.98. The van der Waals surface area contributed by atoms with Gasteiger partial charge in [0.25, 0.3) is 5.91 Å². The van der Waals surface area contributed by atoms with Gasteiger partial charge in [0.05, 0.1) is 10.6 Å². The maximum Gasteiger partial charge on any atom is 0.405 e. The van der Waals surface area contributed by atoms with Crippen molar-refractivity contribution in [2.75, 3.05) is 5.32 Å². The van der Waals surface area contributed by atoms with Crippen LogP contribution in [0.3, 0.4) is 0 Å². The second kappa shape index (κ2) is 8.29. The molecule has 2 amide bonds. The molecule has 25 heavy (non-hydrogen) atoms. The number of primary amides is 1. The zero-order valence-electron chi connectivity index (χ0n) is 13.4. The number of nitrogens with one attached hydrogen (secondary N) is 2. The fourth-order valence-corrected chi connectivity index (χ4v) is 2.58. The highest BCUT2D eigenvalue weighted by Crippen LogP contribution is 2.23. The van der Waals surface area contributed by atoms with Crippen LogP contribution in [-0.4, -0.2) is 34.1 Å². The predicted molar refractivity (Wildman–Crippen MR) is 91.5 cm³/mol. The van der Waals surface area contributed by atoms with Gasteiger partial charge in [-0.2, -0.15) is 5.10 Å². The molecule has 2 aromatic rings. The Morgan fingerprint density at radius 3 is 2.72 bits per heavy atom. The average molecular weight is 365 g/mol. The number of aromatic amines is 1. The van der Waals surface area contributed by atoms with E-state index < -0.39 is 18.1 Å². The molecule has 0 radical (unpaired) electrons. The van der Waals surface area contributed by atoms with Gasteiger partial charge >= 0.3 is 6.09 Å². The summed E-state index contributed by atoms with van der Waals surface area (Å²) in [5, 5.41) is 9.20. The quantitative estimate of drug-likeness (QED) is 0.694. The number of hydrogen-bond donors (Lipinski definition) is 3. The Balaban J connectivity index is 2.23. The summed E-state index contributed by atoms with van der Waals surface area (Å²) in [6.07, 6.45) is -0.298. The van der Waals surface area contributed by atoms with Crippen molar-refractivity contribution in [2.24, 2.45) is 5.73 Å². The fourth-order valence-electron chi connectivity index (χ4n) is 2.30.